The summed E-state index contributed by atoms with van der Waals surface area (Å²) in [6.07, 6.45) is 3.46. The maximum absolute atomic E-state index is 12.4. The summed E-state index contributed by atoms with van der Waals surface area (Å²) in [4.78, 5) is 21.3. The fourth-order valence-corrected chi connectivity index (χ4v) is 4.16. The number of methoxy groups -OCH3 is 1. The summed E-state index contributed by atoms with van der Waals surface area (Å²) in [5.41, 5.74) is 1.12. The van der Waals surface area contributed by atoms with Crippen molar-refractivity contribution in [2.24, 2.45) is 0 Å². The summed E-state index contributed by atoms with van der Waals surface area (Å²) in [5, 5.41) is 0.886. The van der Waals surface area contributed by atoms with Gasteiger partial charge in [0, 0.05) is 50.1 Å². The van der Waals surface area contributed by atoms with E-state index in [0.717, 1.165) is 48.2 Å². The number of hydrogen-bond acceptors (Lipinski definition) is 6. The molecule has 3 rings (SSSR count). The Bertz CT molecular complexity index is 756. The maximum Gasteiger partial charge on any atom is 0.224 e. The zero-order valence-corrected chi connectivity index (χ0v) is 17.2. The van der Waals surface area contributed by atoms with Gasteiger partial charge in [0.15, 0.2) is 0 Å². The van der Waals surface area contributed by atoms with Gasteiger partial charge in [0.1, 0.15) is 11.6 Å². The number of likely N-dealkylation sites (tertiary alicyclic amines) is 1. The van der Waals surface area contributed by atoms with E-state index in [1.807, 2.05) is 23.1 Å². The molecular weight excluding hydrogens is 360 g/mol. The molecule has 6 nitrogen and oxygen atoms in total. The van der Waals surface area contributed by atoms with Crippen molar-refractivity contribution in [1.29, 1.82) is 0 Å². The standard InChI is InChI=1S/C20H28N4O2S/c1-15(2)24(12-9-19(25)23-10-4-5-11-23)20-21-18(22-27-20)14-16-7-6-8-17(13-16)26-3/h6-8,13,15H,4-5,9-12,14H2,1-3H3. The molecule has 0 aliphatic carbocycles. The van der Waals surface area contributed by atoms with E-state index in [-0.39, 0.29) is 11.9 Å². The number of amides is 1. The molecule has 1 aliphatic heterocycles. The molecule has 1 aromatic carbocycles. The van der Waals surface area contributed by atoms with Crippen LogP contribution in [0.3, 0.4) is 0 Å². The Balaban J connectivity index is 1.63. The molecule has 146 valence electrons. The average molecular weight is 389 g/mol. The molecule has 0 radical (unpaired) electrons. The SMILES string of the molecule is COc1cccc(Cc2nsc(N(CCC(=O)N3CCCC3)C(C)C)n2)c1. The van der Waals surface area contributed by atoms with Crippen molar-refractivity contribution in [3.05, 3.63) is 35.7 Å². The monoisotopic (exact) mass is 388 g/mol. The van der Waals surface area contributed by atoms with Crippen molar-refractivity contribution in [3.8, 4) is 5.75 Å². The number of benzene rings is 1. The molecule has 7 heteroatoms. The number of aromatic nitrogens is 2. The molecule has 0 atom stereocenters. The number of carbonyl (C=O) groups excluding carboxylic acids is 1. The highest BCUT2D eigenvalue weighted by atomic mass is 32.1. The van der Waals surface area contributed by atoms with Gasteiger partial charge in [-0.25, -0.2) is 4.98 Å². The second-order valence-electron chi connectivity index (χ2n) is 7.15. The van der Waals surface area contributed by atoms with Crippen molar-refractivity contribution in [3.63, 3.8) is 0 Å². The smallest absolute Gasteiger partial charge is 0.224 e. The van der Waals surface area contributed by atoms with Crippen LogP contribution in [0.1, 0.15) is 44.5 Å². The van der Waals surface area contributed by atoms with E-state index in [2.05, 4.69) is 29.2 Å². The van der Waals surface area contributed by atoms with Gasteiger partial charge in [-0.3, -0.25) is 4.79 Å². The Hall–Kier alpha value is -2.15. The molecule has 0 spiro atoms. The fourth-order valence-electron chi connectivity index (χ4n) is 3.31. The first kappa shape index (κ1) is 19.6. The highest BCUT2D eigenvalue weighted by molar-refractivity contribution is 7.09. The van der Waals surface area contributed by atoms with Crippen LogP contribution in [0.25, 0.3) is 0 Å². The minimum absolute atomic E-state index is 0.249. The van der Waals surface area contributed by atoms with Crippen LogP contribution in [-0.4, -0.2) is 53.0 Å². The first-order chi connectivity index (χ1) is 13.1. The summed E-state index contributed by atoms with van der Waals surface area (Å²) in [7, 11) is 1.67. The lowest BCUT2D eigenvalue weighted by atomic mass is 10.1. The number of hydrogen-bond donors (Lipinski definition) is 0. The lowest BCUT2D eigenvalue weighted by Gasteiger charge is -2.26. The van der Waals surface area contributed by atoms with Crippen LogP contribution in [0.2, 0.25) is 0 Å². The molecule has 1 amide bonds. The lowest BCUT2D eigenvalue weighted by Crippen LogP contribution is -2.36. The van der Waals surface area contributed by atoms with Gasteiger partial charge in [-0.1, -0.05) is 12.1 Å². The molecule has 1 aliphatic rings. The first-order valence-corrected chi connectivity index (χ1v) is 10.3. The number of anilines is 1. The van der Waals surface area contributed by atoms with E-state index >= 15 is 0 Å². The highest BCUT2D eigenvalue weighted by Gasteiger charge is 2.21. The third-order valence-corrected chi connectivity index (χ3v) is 5.64. The van der Waals surface area contributed by atoms with E-state index in [9.17, 15) is 4.79 Å². The molecule has 0 saturated carbocycles. The van der Waals surface area contributed by atoms with Crippen molar-refractivity contribution in [2.75, 3.05) is 31.6 Å². The maximum atomic E-state index is 12.4. The van der Waals surface area contributed by atoms with Crippen LogP contribution in [0, 0.1) is 0 Å². The van der Waals surface area contributed by atoms with E-state index < -0.39 is 0 Å². The average Bonchev–Trinajstić information content (AvgIpc) is 3.34. The van der Waals surface area contributed by atoms with Crippen LogP contribution >= 0.6 is 11.5 Å². The van der Waals surface area contributed by atoms with Gasteiger partial charge < -0.3 is 14.5 Å². The van der Waals surface area contributed by atoms with E-state index in [1.165, 1.54) is 11.5 Å². The fraction of sp³-hybridized carbons (Fsp3) is 0.550. The van der Waals surface area contributed by atoms with Crippen LogP contribution in [-0.2, 0) is 11.2 Å². The van der Waals surface area contributed by atoms with Crippen LogP contribution in [0.5, 0.6) is 5.75 Å². The Morgan fingerprint density at radius 2 is 2.11 bits per heavy atom. The lowest BCUT2D eigenvalue weighted by molar-refractivity contribution is -0.129. The molecule has 0 unspecified atom stereocenters. The third kappa shape index (κ3) is 5.19. The quantitative estimate of drug-likeness (QED) is 0.694. The van der Waals surface area contributed by atoms with E-state index in [0.29, 0.717) is 19.4 Å². The zero-order chi connectivity index (χ0) is 19.2. The molecule has 2 aromatic rings. The second kappa shape index (κ2) is 9.17. The summed E-state index contributed by atoms with van der Waals surface area (Å²) in [6.45, 7) is 6.75. The molecule has 2 heterocycles. The van der Waals surface area contributed by atoms with Crippen LogP contribution in [0.15, 0.2) is 24.3 Å². The predicted octanol–water partition coefficient (Wildman–Crippen LogP) is 3.36. The summed E-state index contributed by atoms with van der Waals surface area (Å²) < 4.78 is 9.81. The number of nitrogens with zero attached hydrogens (tertiary/aromatic N) is 4. The first-order valence-electron chi connectivity index (χ1n) is 9.56. The largest absolute Gasteiger partial charge is 0.497 e. The molecule has 0 N–H and O–H groups in total. The Labute approximate surface area is 165 Å². The van der Waals surface area contributed by atoms with E-state index in [1.54, 1.807) is 7.11 Å². The van der Waals surface area contributed by atoms with Crippen molar-refractivity contribution in [1.82, 2.24) is 14.3 Å². The van der Waals surface area contributed by atoms with Crippen LogP contribution in [0.4, 0.5) is 5.13 Å². The Morgan fingerprint density at radius 1 is 1.33 bits per heavy atom. The normalized spacial score (nSPS) is 14.0. The number of ether oxygens (including phenoxy) is 1. The van der Waals surface area contributed by atoms with E-state index in [4.69, 9.17) is 9.72 Å². The molecular formula is C20H28N4O2S. The second-order valence-corrected chi connectivity index (χ2v) is 7.88. The predicted molar refractivity (Wildman–Crippen MR) is 109 cm³/mol. The Kier molecular flexibility index (Phi) is 6.66. The highest BCUT2D eigenvalue weighted by Crippen LogP contribution is 2.23. The van der Waals surface area contributed by atoms with Crippen molar-refractivity contribution < 1.29 is 9.53 Å². The molecule has 1 fully saturated rings. The summed E-state index contributed by atoms with van der Waals surface area (Å²) >= 11 is 1.41. The van der Waals surface area contributed by atoms with Gasteiger partial charge in [-0.15, -0.1) is 0 Å². The van der Waals surface area contributed by atoms with Crippen molar-refractivity contribution in [2.45, 2.75) is 45.6 Å². The van der Waals surface area contributed by atoms with Gasteiger partial charge in [0.25, 0.3) is 0 Å². The van der Waals surface area contributed by atoms with Gasteiger partial charge >= 0.3 is 0 Å². The minimum atomic E-state index is 0.249. The van der Waals surface area contributed by atoms with Gasteiger partial charge in [-0.2, -0.15) is 4.37 Å². The van der Waals surface area contributed by atoms with Gasteiger partial charge in [-0.05, 0) is 44.4 Å². The summed E-state index contributed by atoms with van der Waals surface area (Å²) in [5.74, 6) is 1.89. The van der Waals surface area contributed by atoms with Gasteiger partial charge in [0.2, 0.25) is 11.0 Å². The molecule has 0 bridgehead atoms. The third-order valence-electron chi connectivity index (χ3n) is 4.85. The molecule has 1 aromatic heterocycles. The number of carbonyl (C=O) groups is 1. The van der Waals surface area contributed by atoms with Crippen LogP contribution < -0.4 is 9.64 Å². The van der Waals surface area contributed by atoms with Crippen molar-refractivity contribution >= 4 is 22.6 Å². The Morgan fingerprint density at radius 3 is 2.81 bits per heavy atom. The minimum Gasteiger partial charge on any atom is -0.497 e. The summed E-state index contributed by atoms with van der Waals surface area (Å²) in [6, 6.07) is 8.25. The number of rotatable bonds is 8. The zero-order valence-electron chi connectivity index (χ0n) is 16.4. The van der Waals surface area contributed by atoms with Gasteiger partial charge in [0.05, 0.1) is 7.11 Å². The molecule has 27 heavy (non-hydrogen) atoms. The molecule has 1 saturated heterocycles. The topological polar surface area (TPSA) is 58.6 Å².